The zero-order valence-corrected chi connectivity index (χ0v) is 13.2. The van der Waals surface area contributed by atoms with Gasteiger partial charge in [0.05, 0.1) is 11.6 Å². The SMILES string of the molecule is COC(=O)C1CCCCN1c1ncc(Br)cc1Br. The third kappa shape index (κ3) is 2.85. The molecule has 1 unspecified atom stereocenters. The van der Waals surface area contributed by atoms with Crippen LogP contribution in [0, 0.1) is 0 Å². The van der Waals surface area contributed by atoms with Crippen molar-refractivity contribution in [2.75, 3.05) is 18.6 Å². The van der Waals surface area contributed by atoms with Gasteiger partial charge in [0.25, 0.3) is 0 Å². The summed E-state index contributed by atoms with van der Waals surface area (Å²) in [7, 11) is 1.43. The van der Waals surface area contributed by atoms with Crippen molar-refractivity contribution >= 4 is 43.6 Å². The first-order chi connectivity index (χ1) is 8.63. The monoisotopic (exact) mass is 376 g/mol. The van der Waals surface area contributed by atoms with Crippen LogP contribution in [-0.2, 0) is 9.53 Å². The molecule has 0 aromatic carbocycles. The lowest BCUT2D eigenvalue weighted by molar-refractivity contribution is -0.142. The van der Waals surface area contributed by atoms with Gasteiger partial charge in [0.2, 0.25) is 0 Å². The molecule has 4 nitrogen and oxygen atoms in total. The van der Waals surface area contributed by atoms with Crippen LogP contribution in [0.3, 0.4) is 0 Å². The Morgan fingerprint density at radius 1 is 1.50 bits per heavy atom. The maximum absolute atomic E-state index is 11.8. The van der Waals surface area contributed by atoms with E-state index in [1.807, 2.05) is 11.0 Å². The van der Waals surface area contributed by atoms with Gasteiger partial charge in [0.1, 0.15) is 11.9 Å². The van der Waals surface area contributed by atoms with E-state index in [0.717, 1.165) is 40.6 Å². The topological polar surface area (TPSA) is 42.4 Å². The van der Waals surface area contributed by atoms with Crippen LogP contribution >= 0.6 is 31.9 Å². The number of pyridine rings is 1. The summed E-state index contributed by atoms with van der Waals surface area (Å²) in [5.74, 6) is 0.611. The maximum Gasteiger partial charge on any atom is 0.328 e. The first-order valence-corrected chi connectivity index (χ1v) is 7.37. The fourth-order valence-corrected chi connectivity index (χ4v) is 3.40. The molecule has 0 bridgehead atoms. The number of piperidine rings is 1. The van der Waals surface area contributed by atoms with Gasteiger partial charge in [-0.05, 0) is 57.2 Å². The van der Waals surface area contributed by atoms with Crippen LogP contribution in [0.1, 0.15) is 19.3 Å². The van der Waals surface area contributed by atoms with Crippen LogP contribution in [0.5, 0.6) is 0 Å². The first kappa shape index (κ1) is 13.8. The molecule has 0 aliphatic carbocycles. The third-order valence-corrected chi connectivity index (χ3v) is 4.05. The van der Waals surface area contributed by atoms with Crippen LogP contribution in [0.4, 0.5) is 5.82 Å². The fraction of sp³-hybridized carbons (Fsp3) is 0.500. The van der Waals surface area contributed by atoms with E-state index in [2.05, 4.69) is 36.8 Å². The summed E-state index contributed by atoms with van der Waals surface area (Å²) in [4.78, 5) is 18.2. The van der Waals surface area contributed by atoms with Crippen LogP contribution < -0.4 is 4.90 Å². The van der Waals surface area contributed by atoms with Gasteiger partial charge in [-0.1, -0.05) is 0 Å². The van der Waals surface area contributed by atoms with Crippen molar-refractivity contribution in [1.82, 2.24) is 4.98 Å². The van der Waals surface area contributed by atoms with Gasteiger partial charge in [-0.25, -0.2) is 9.78 Å². The molecule has 0 amide bonds. The zero-order chi connectivity index (χ0) is 13.1. The molecule has 2 rings (SSSR count). The number of hydrogen-bond acceptors (Lipinski definition) is 4. The van der Waals surface area contributed by atoms with Gasteiger partial charge in [-0.15, -0.1) is 0 Å². The Hall–Kier alpha value is -0.620. The zero-order valence-electron chi connectivity index (χ0n) is 10.0. The second-order valence-electron chi connectivity index (χ2n) is 4.19. The standard InChI is InChI=1S/C12H14Br2N2O2/c1-18-12(17)10-4-2-3-5-16(10)11-9(14)6-8(13)7-15-11/h6-7,10H,2-5H2,1H3. The first-order valence-electron chi connectivity index (χ1n) is 5.79. The molecule has 1 aliphatic rings. The average molecular weight is 378 g/mol. The van der Waals surface area contributed by atoms with Crippen molar-refractivity contribution in [2.45, 2.75) is 25.3 Å². The van der Waals surface area contributed by atoms with Gasteiger partial charge >= 0.3 is 5.97 Å². The maximum atomic E-state index is 11.8. The molecule has 1 atom stereocenters. The van der Waals surface area contributed by atoms with Gasteiger partial charge in [0, 0.05) is 17.2 Å². The van der Waals surface area contributed by atoms with Crippen LogP contribution in [-0.4, -0.2) is 30.6 Å². The minimum Gasteiger partial charge on any atom is -0.467 e. The molecule has 0 spiro atoms. The number of halogens is 2. The molecule has 1 aromatic heterocycles. The fourth-order valence-electron chi connectivity index (χ4n) is 2.18. The van der Waals surface area contributed by atoms with Crippen molar-refractivity contribution in [3.05, 3.63) is 21.2 Å². The smallest absolute Gasteiger partial charge is 0.328 e. The Morgan fingerprint density at radius 2 is 2.28 bits per heavy atom. The molecule has 0 radical (unpaired) electrons. The number of anilines is 1. The Labute approximate surface area is 123 Å². The van der Waals surface area contributed by atoms with Gasteiger partial charge in [0.15, 0.2) is 0 Å². The summed E-state index contributed by atoms with van der Waals surface area (Å²) < 4.78 is 6.66. The molecule has 6 heteroatoms. The normalized spacial score (nSPS) is 19.7. The number of carbonyl (C=O) groups excluding carboxylic acids is 1. The summed E-state index contributed by atoms with van der Waals surface area (Å²) in [5.41, 5.74) is 0. The minimum atomic E-state index is -0.228. The minimum absolute atomic E-state index is 0.189. The number of aromatic nitrogens is 1. The van der Waals surface area contributed by atoms with Crippen molar-refractivity contribution in [3.63, 3.8) is 0 Å². The Balaban J connectivity index is 2.30. The van der Waals surface area contributed by atoms with Crippen molar-refractivity contribution < 1.29 is 9.53 Å². The number of nitrogens with zero attached hydrogens (tertiary/aromatic N) is 2. The van der Waals surface area contributed by atoms with E-state index >= 15 is 0 Å². The Morgan fingerprint density at radius 3 is 2.94 bits per heavy atom. The van der Waals surface area contributed by atoms with Gasteiger partial charge in [-0.2, -0.15) is 0 Å². The second kappa shape index (κ2) is 6.02. The molecule has 1 fully saturated rings. The molecule has 2 heterocycles. The van der Waals surface area contributed by atoms with E-state index in [1.165, 1.54) is 7.11 Å². The summed E-state index contributed by atoms with van der Waals surface area (Å²) in [6.07, 6.45) is 4.67. The van der Waals surface area contributed by atoms with E-state index in [4.69, 9.17) is 4.74 Å². The third-order valence-electron chi connectivity index (χ3n) is 3.04. The number of methoxy groups -OCH3 is 1. The summed E-state index contributed by atoms with van der Waals surface area (Å²) in [6.45, 7) is 0.826. The molecule has 1 aromatic rings. The van der Waals surface area contributed by atoms with E-state index in [-0.39, 0.29) is 12.0 Å². The van der Waals surface area contributed by atoms with Crippen molar-refractivity contribution in [3.8, 4) is 0 Å². The lowest BCUT2D eigenvalue weighted by Gasteiger charge is -2.35. The predicted molar refractivity (Wildman–Crippen MR) is 76.6 cm³/mol. The Kier molecular flexibility index (Phi) is 4.61. The van der Waals surface area contributed by atoms with Crippen LogP contribution in [0.15, 0.2) is 21.2 Å². The summed E-state index contributed by atoms with van der Waals surface area (Å²) >= 11 is 6.87. The van der Waals surface area contributed by atoms with E-state index in [1.54, 1.807) is 6.20 Å². The molecule has 18 heavy (non-hydrogen) atoms. The number of esters is 1. The molecule has 1 saturated heterocycles. The highest BCUT2D eigenvalue weighted by atomic mass is 79.9. The van der Waals surface area contributed by atoms with E-state index < -0.39 is 0 Å². The lowest BCUT2D eigenvalue weighted by Crippen LogP contribution is -2.46. The Bertz CT molecular complexity index is 454. The second-order valence-corrected chi connectivity index (χ2v) is 5.96. The van der Waals surface area contributed by atoms with Crippen LogP contribution in [0.25, 0.3) is 0 Å². The number of hydrogen-bond donors (Lipinski definition) is 0. The lowest BCUT2D eigenvalue weighted by atomic mass is 10.0. The highest BCUT2D eigenvalue weighted by molar-refractivity contribution is 9.11. The van der Waals surface area contributed by atoms with Gasteiger partial charge < -0.3 is 9.64 Å². The van der Waals surface area contributed by atoms with Gasteiger partial charge in [-0.3, -0.25) is 0 Å². The molecule has 0 saturated carbocycles. The number of ether oxygens (including phenoxy) is 1. The van der Waals surface area contributed by atoms with Crippen molar-refractivity contribution in [2.24, 2.45) is 0 Å². The van der Waals surface area contributed by atoms with E-state index in [0.29, 0.717) is 0 Å². The van der Waals surface area contributed by atoms with Crippen molar-refractivity contribution in [1.29, 1.82) is 0 Å². The van der Waals surface area contributed by atoms with E-state index in [9.17, 15) is 4.79 Å². The predicted octanol–water partition coefficient (Wildman–Crippen LogP) is 3.14. The largest absolute Gasteiger partial charge is 0.467 e. The molecule has 0 N–H and O–H groups in total. The molecule has 1 aliphatic heterocycles. The number of carbonyl (C=O) groups is 1. The molecular weight excluding hydrogens is 364 g/mol. The highest BCUT2D eigenvalue weighted by Crippen LogP contribution is 2.31. The molecular formula is C12H14Br2N2O2. The highest BCUT2D eigenvalue weighted by Gasteiger charge is 2.31. The number of rotatable bonds is 2. The quantitative estimate of drug-likeness (QED) is 0.742. The summed E-state index contributed by atoms with van der Waals surface area (Å²) in [5, 5.41) is 0. The summed E-state index contributed by atoms with van der Waals surface area (Å²) in [6, 6.07) is 1.71. The molecule has 98 valence electrons. The van der Waals surface area contributed by atoms with Crippen LogP contribution in [0.2, 0.25) is 0 Å². The average Bonchev–Trinajstić information content (AvgIpc) is 2.38.